The second-order valence-electron chi connectivity index (χ2n) is 4.00. The van der Waals surface area contributed by atoms with Crippen molar-refractivity contribution in [1.82, 2.24) is 0 Å². The fourth-order valence-electron chi connectivity index (χ4n) is 1.57. The molecule has 0 aromatic heterocycles. The number of hydrogen-bond donors (Lipinski definition) is 1. The minimum absolute atomic E-state index is 0.537. The average Bonchev–Trinajstić information content (AvgIpc) is 2.28. The summed E-state index contributed by atoms with van der Waals surface area (Å²) < 4.78 is 5.30. The van der Waals surface area contributed by atoms with E-state index in [2.05, 4.69) is 4.90 Å². The van der Waals surface area contributed by atoms with Crippen molar-refractivity contribution in [1.29, 1.82) is 0 Å². The van der Waals surface area contributed by atoms with Crippen molar-refractivity contribution < 1.29 is 9.84 Å². The lowest BCUT2D eigenvalue weighted by Gasteiger charge is -2.20. The first kappa shape index (κ1) is 14.3. The Morgan fingerprint density at radius 2 is 2.18 bits per heavy atom. The molecular weight excluding hydrogens is 238 g/mol. The summed E-state index contributed by atoms with van der Waals surface area (Å²) in [5, 5.41) is 10.1. The second kappa shape index (κ2) is 6.84. The SMILES string of the molecule is CCOCCN(C)c1ccc(C(C)O)c(Cl)c1. The standard InChI is InChI=1S/C13H20ClNO2/c1-4-17-8-7-15(3)11-5-6-12(10(2)16)13(14)9-11/h5-6,9-10,16H,4,7-8H2,1-3H3. The molecule has 0 bridgehead atoms. The fraction of sp³-hybridized carbons (Fsp3) is 0.538. The summed E-state index contributed by atoms with van der Waals surface area (Å²) in [5.74, 6) is 0. The molecule has 1 aromatic rings. The highest BCUT2D eigenvalue weighted by molar-refractivity contribution is 6.31. The zero-order valence-corrected chi connectivity index (χ0v) is 11.4. The predicted octanol–water partition coefficient (Wildman–Crippen LogP) is 2.87. The van der Waals surface area contributed by atoms with Gasteiger partial charge in [0.2, 0.25) is 0 Å². The third-order valence-electron chi connectivity index (χ3n) is 2.65. The highest BCUT2D eigenvalue weighted by Gasteiger charge is 2.08. The summed E-state index contributed by atoms with van der Waals surface area (Å²) in [4.78, 5) is 2.08. The van der Waals surface area contributed by atoms with Gasteiger partial charge in [0.25, 0.3) is 0 Å². The molecule has 1 rings (SSSR count). The fourth-order valence-corrected chi connectivity index (χ4v) is 1.90. The monoisotopic (exact) mass is 257 g/mol. The molecule has 3 nitrogen and oxygen atoms in total. The van der Waals surface area contributed by atoms with Crippen LogP contribution in [-0.4, -0.2) is 31.9 Å². The summed E-state index contributed by atoms with van der Waals surface area (Å²) in [7, 11) is 1.99. The number of halogens is 1. The van der Waals surface area contributed by atoms with Crippen LogP contribution in [-0.2, 0) is 4.74 Å². The molecule has 0 aliphatic carbocycles. The van der Waals surface area contributed by atoms with Gasteiger partial charge in [0.05, 0.1) is 12.7 Å². The lowest BCUT2D eigenvalue weighted by molar-refractivity contribution is 0.154. The molecule has 4 heteroatoms. The number of ether oxygens (including phenoxy) is 1. The molecule has 1 atom stereocenters. The van der Waals surface area contributed by atoms with Crippen LogP contribution in [0.3, 0.4) is 0 Å². The van der Waals surface area contributed by atoms with Crippen LogP contribution in [0.2, 0.25) is 5.02 Å². The Kier molecular flexibility index (Phi) is 5.75. The minimum Gasteiger partial charge on any atom is -0.389 e. The van der Waals surface area contributed by atoms with Gasteiger partial charge in [-0.1, -0.05) is 17.7 Å². The maximum Gasteiger partial charge on any atom is 0.0776 e. The van der Waals surface area contributed by atoms with Gasteiger partial charge < -0.3 is 14.7 Å². The zero-order chi connectivity index (χ0) is 12.8. The molecule has 0 spiro atoms. The van der Waals surface area contributed by atoms with E-state index in [1.807, 2.05) is 32.2 Å². The lowest BCUT2D eigenvalue weighted by atomic mass is 10.1. The van der Waals surface area contributed by atoms with E-state index in [0.29, 0.717) is 11.6 Å². The molecule has 1 unspecified atom stereocenters. The van der Waals surface area contributed by atoms with E-state index < -0.39 is 6.10 Å². The number of aliphatic hydroxyl groups is 1. The van der Waals surface area contributed by atoms with Crippen molar-refractivity contribution in [3.05, 3.63) is 28.8 Å². The Morgan fingerprint density at radius 3 is 2.71 bits per heavy atom. The third kappa shape index (κ3) is 4.19. The molecule has 0 fully saturated rings. The number of rotatable bonds is 6. The van der Waals surface area contributed by atoms with Crippen LogP contribution in [0.15, 0.2) is 18.2 Å². The maximum absolute atomic E-state index is 9.49. The molecule has 0 saturated heterocycles. The van der Waals surface area contributed by atoms with Crippen molar-refractivity contribution in [2.75, 3.05) is 31.7 Å². The molecule has 1 aromatic carbocycles. The quantitative estimate of drug-likeness (QED) is 0.796. The van der Waals surface area contributed by atoms with Crippen molar-refractivity contribution in [3.63, 3.8) is 0 Å². The summed E-state index contributed by atoms with van der Waals surface area (Å²) in [6.07, 6.45) is -0.537. The van der Waals surface area contributed by atoms with E-state index in [1.165, 1.54) is 0 Å². The van der Waals surface area contributed by atoms with Gasteiger partial charge in [-0.05, 0) is 31.5 Å². The molecule has 0 heterocycles. The van der Waals surface area contributed by atoms with E-state index in [-0.39, 0.29) is 0 Å². The number of nitrogens with zero attached hydrogens (tertiary/aromatic N) is 1. The first-order valence-corrected chi connectivity index (χ1v) is 6.20. The van der Waals surface area contributed by atoms with E-state index >= 15 is 0 Å². The third-order valence-corrected chi connectivity index (χ3v) is 2.98. The van der Waals surface area contributed by atoms with Gasteiger partial charge in [-0.2, -0.15) is 0 Å². The van der Waals surface area contributed by atoms with Crippen LogP contribution < -0.4 is 4.90 Å². The molecule has 0 saturated carbocycles. The first-order chi connectivity index (χ1) is 8.06. The minimum atomic E-state index is -0.537. The molecule has 0 radical (unpaired) electrons. The molecule has 0 aliphatic rings. The predicted molar refractivity (Wildman–Crippen MR) is 71.8 cm³/mol. The van der Waals surface area contributed by atoms with Gasteiger partial charge in [0, 0.05) is 30.9 Å². The van der Waals surface area contributed by atoms with Crippen LogP contribution in [0.4, 0.5) is 5.69 Å². The molecular formula is C13H20ClNO2. The molecule has 96 valence electrons. The number of aliphatic hydroxyl groups excluding tert-OH is 1. The Morgan fingerprint density at radius 1 is 1.47 bits per heavy atom. The van der Waals surface area contributed by atoms with Gasteiger partial charge in [-0.15, -0.1) is 0 Å². The van der Waals surface area contributed by atoms with Gasteiger partial charge in [0.1, 0.15) is 0 Å². The summed E-state index contributed by atoms with van der Waals surface area (Å²) >= 11 is 6.11. The number of anilines is 1. The topological polar surface area (TPSA) is 32.7 Å². The number of hydrogen-bond acceptors (Lipinski definition) is 3. The van der Waals surface area contributed by atoms with Crippen LogP contribution in [0.5, 0.6) is 0 Å². The molecule has 0 amide bonds. The normalized spacial score (nSPS) is 12.5. The smallest absolute Gasteiger partial charge is 0.0776 e. The molecule has 1 N–H and O–H groups in total. The first-order valence-electron chi connectivity index (χ1n) is 5.82. The van der Waals surface area contributed by atoms with Gasteiger partial charge in [-0.25, -0.2) is 0 Å². The van der Waals surface area contributed by atoms with Gasteiger partial charge in [-0.3, -0.25) is 0 Å². The van der Waals surface area contributed by atoms with Crippen molar-refractivity contribution >= 4 is 17.3 Å². The highest BCUT2D eigenvalue weighted by Crippen LogP contribution is 2.27. The highest BCUT2D eigenvalue weighted by atomic mass is 35.5. The van der Waals surface area contributed by atoms with Crippen LogP contribution >= 0.6 is 11.6 Å². The van der Waals surface area contributed by atoms with E-state index in [1.54, 1.807) is 6.92 Å². The Bertz CT molecular complexity index is 355. The summed E-state index contributed by atoms with van der Waals surface area (Å²) in [6.45, 7) is 5.94. The maximum atomic E-state index is 9.49. The second-order valence-corrected chi connectivity index (χ2v) is 4.41. The van der Waals surface area contributed by atoms with E-state index in [0.717, 1.165) is 24.4 Å². The van der Waals surface area contributed by atoms with E-state index in [4.69, 9.17) is 16.3 Å². The Hall–Kier alpha value is -0.770. The Balaban J connectivity index is 2.69. The number of likely N-dealkylation sites (N-methyl/N-ethyl adjacent to an activating group) is 1. The van der Waals surface area contributed by atoms with Crippen molar-refractivity contribution in [3.8, 4) is 0 Å². The molecule has 17 heavy (non-hydrogen) atoms. The van der Waals surface area contributed by atoms with Gasteiger partial charge >= 0.3 is 0 Å². The Labute approximate surface area is 108 Å². The lowest BCUT2D eigenvalue weighted by Crippen LogP contribution is -2.22. The zero-order valence-electron chi connectivity index (χ0n) is 10.6. The summed E-state index contributed by atoms with van der Waals surface area (Å²) in [5.41, 5.74) is 1.78. The van der Waals surface area contributed by atoms with Crippen LogP contribution in [0.1, 0.15) is 25.5 Å². The number of benzene rings is 1. The van der Waals surface area contributed by atoms with Crippen molar-refractivity contribution in [2.45, 2.75) is 20.0 Å². The summed E-state index contributed by atoms with van der Waals surface area (Å²) in [6, 6.07) is 5.69. The van der Waals surface area contributed by atoms with E-state index in [9.17, 15) is 5.11 Å². The largest absolute Gasteiger partial charge is 0.389 e. The van der Waals surface area contributed by atoms with Crippen molar-refractivity contribution in [2.24, 2.45) is 0 Å². The molecule has 0 aliphatic heterocycles. The van der Waals surface area contributed by atoms with Crippen LogP contribution in [0.25, 0.3) is 0 Å². The van der Waals surface area contributed by atoms with Gasteiger partial charge in [0.15, 0.2) is 0 Å². The average molecular weight is 258 g/mol. The van der Waals surface area contributed by atoms with Crippen LogP contribution in [0, 0.1) is 0 Å².